The first-order valence-electron chi connectivity index (χ1n) is 8.69. The molecule has 0 spiro atoms. The molecule has 0 amide bonds. The van der Waals surface area contributed by atoms with Gasteiger partial charge in [0.2, 0.25) is 0 Å². The van der Waals surface area contributed by atoms with Crippen LogP contribution in [0.5, 0.6) is 5.75 Å². The second-order valence-corrected chi connectivity index (χ2v) is 6.34. The second-order valence-electron chi connectivity index (χ2n) is 5.96. The predicted molar refractivity (Wildman–Crippen MR) is 94.4 cm³/mol. The van der Waals surface area contributed by atoms with E-state index in [1.54, 1.807) is 12.4 Å². The van der Waals surface area contributed by atoms with Gasteiger partial charge in [0.05, 0.1) is 24.2 Å². The van der Waals surface area contributed by atoms with Crippen molar-refractivity contribution in [3.05, 3.63) is 30.6 Å². The number of nitrogens with zero attached hydrogens (tertiary/aromatic N) is 3. The molecule has 0 saturated carbocycles. The first-order valence-corrected chi connectivity index (χ1v) is 9.22. The van der Waals surface area contributed by atoms with Gasteiger partial charge in [0.25, 0.3) is 0 Å². The maximum atomic E-state index is 5.83. The molecule has 3 rings (SSSR count). The molecular weight excluding hydrogens is 326 g/mol. The van der Waals surface area contributed by atoms with E-state index >= 15 is 0 Å². The van der Waals surface area contributed by atoms with Gasteiger partial charge in [-0.1, -0.05) is 0 Å². The molecule has 130 valence electrons. The molecule has 1 atom stereocenters. The molecule has 0 aliphatic carbocycles. The van der Waals surface area contributed by atoms with E-state index in [9.17, 15) is 0 Å². The molecule has 24 heavy (non-hydrogen) atoms. The Morgan fingerprint density at radius 1 is 1.21 bits per heavy atom. The van der Waals surface area contributed by atoms with Crippen molar-refractivity contribution in [3.8, 4) is 17.1 Å². The number of alkyl halides is 1. The van der Waals surface area contributed by atoms with Crippen LogP contribution >= 0.6 is 11.6 Å². The van der Waals surface area contributed by atoms with E-state index in [1.165, 1.54) is 6.42 Å². The monoisotopic (exact) mass is 349 g/mol. The molecule has 0 bridgehead atoms. The molecule has 0 N–H and O–H groups in total. The molecular formula is C18H24ClN3O2. The highest BCUT2D eigenvalue weighted by atomic mass is 35.5. The van der Waals surface area contributed by atoms with Gasteiger partial charge in [-0.25, -0.2) is 4.68 Å². The molecule has 3 heterocycles. The zero-order chi connectivity index (χ0) is 16.6. The number of halogens is 1. The van der Waals surface area contributed by atoms with Gasteiger partial charge in [-0.2, -0.15) is 5.10 Å². The third-order valence-corrected chi connectivity index (χ3v) is 4.41. The van der Waals surface area contributed by atoms with E-state index < -0.39 is 0 Å². The van der Waals surface area contributed by atoms with Crippen LogP contribution in [0.1, 0.15) is 44.8 Å². The highest BCUT2D eigenvalue weighted by Gasteiger charge is 2.19. The Balaban J connectivity index is 1.60. The van der Waals surface area contributed by atoms with Gasteiger partial charge < -0.3 is 9.47 Å². The van der Waals surface area contributed by atoms with Crippen molar-refractivity contribution in [1.29, 1.82) is 0 Å². The molecule has 1 unspecified atom stereocenters. The summed E-state index contributed by atoms with van der Waals surface area (Å²) >= 11 is 5.67. The minimum absolute atomic E-state index is 0.0170. The molecule has 2 aromatic rings. The molecule has 1 fully saturated rings. The fraction of sp³-hybridized carbons (Fsp3) is 0.556. The quantitative estimate of drug-likeness (QED) is 0.522. The van der Waals surface area contributed by atoms with Crippen molar-refractivity contribution in [2.45, 2.75) is 44.8 Å². The fourth-order valence-corrected chi connectivity index (χ4v) is 3.03. The summed E-state index contributed by atoms with van der Waals surface area (Å²) in [4.78, 5) is 4.53. The van der Waals surface area contributed by atoms with Gasteiger partial charge in [0.1, 0.15) is 5.75 Å². The largest absolute Gasteiger partial charge is 0.492 e. The summed E-state index contributed by atoms with van der Waals surface area (Å²) in [6, 6.07) is 5.92. The summed E-state index contributed by atoms with van der Waals surface area (Å²) < 4.78 is 13.5. The van der Waals surface area contributed by atoms with Crippen LogP contribution in [-0.4, -0.2) is 33.9 Å². The van der Waals surface area contributed by atoms with Crippen molar-refractivity contribution < 1.29 is 9.47 Å². The van der Waals surface area contributed by atoms with Crippen LogP contribution in [0.2, 0.25) is 0 Å². The standard InChI is InChI=1S/C18H24ClN3O2/c19-10-3-1-4-12-23-15-7-8-16(20-14-15)17-9-11-21-22(17)18-6-2-5-13-24-18/h7-9,11,14,18H,1-6,10,12-13H2. The third kappa shape index (κ3) is 4.48. The zero-order valence-corrected chi connectivity index (χ0v) is 14.6. The molecule has 1 aliphatic heterocycles. The van der Waals surface area contributed by atoms with Crippen molar-refractivity contribution in [3.63, 3.8) is 0 Å². The number of hydrogen-bond acceptors (Lipinski definition) is 4. The lowest BCUT2D eigenvalue weighted by atomic mass is 10.2. The van der Waals surface area contributed by atoms with Crippen LogP contribution in [0.25, 0.3) is 11.4 Å². The van der Waals surface area contributed by atoms with Gasteiger partial charge in [0.15, 0.2) is 6.23 Å². The molecule has 1 aliphatic rings. The lowest BCUT2D eigenvalue weighted by molar-refractivity contribution is -0.0384. The van der Waals surface area contributed by atoms with Crippen molar-refractivity contribution in [2.24, 2.45) is 0 Å². The molecule has 1 saturated heterocycles. The average Bonchev–Trinajstić information content (AvgIpc) is 3.13. The van der Waals surface area contributed by atoms with Crippen LogP contribution in [-0.2, 0) is 4.74 Å². The Morgan fingerprint density at radius 3 is 2.92 bits per heavy atom. The summed E-state index contributed by atoms with van der Waals surface area (Å²) in [7, 11) is 0. The van der Waals surface area contributed by atoms with E-state index in [0.717, 1.165) is 55.8 Å². The Kier molecular flexibility index (Phi) is 6.49. The average molecular weight is 350 g/mol. The zero-order valence-electron chi connectivity index (χ0n) is 13.9. The first-order chi connectivity index (χ1) is 11.9. The van der Waals surface area contributed by atoms with E-state index in [2.05, 4.69) is 10.1 Å². The molecule has 5 nitrogen and oxygen atoms in total. The maximum absolute atomic E-state index is 5.83. The van der Waals surface area contributed by atoms with Gasteiger partial charge >= 0.3 is 0 Å². The summed E-state index contributed by atoms with van der Waals surface area (Å²) in [5.74, 6) is 1.51. The Morgan fingerprint density at radius 2 is 2.17 bits per heavy atom. The second kappa shape index (κ2) is 9.04. The van der Waals surface area contributed by atoms with Crippen LogP contribution in [0.3, 0.4) is 0 Å². The molecule has 0 radical (unpaired) electrons. The van der Waals surface area contributed by atoms with Crippen LogP contribution < -0.4 is 4.74 Å². The first kappa shape index (κ1) is 17.2. The maximum Gasteiger partial charge on any atom is 0.150 e. The Labute approximate surface area is 147 Å². The van der Waals surface area contributed by atoms with Gasteiger partial charge in [-0.15, -0.1) is 11.6 Å². The third-order valence-electron chi connectivity index (χ3n) is 4.14. The van der Waals surface area contributed by atoms with Crippen LogP contribution in [0.4, 0.5) is 0 Å². The predicted octanol–water partition coefficient (Wildman–Crippen LogP) is 4.43. The minimum Gasteiger partial charge on any atom is -0.492 e. The highest BCUT2D eigenvalue weighted by Crippen LogP contribution is 2.27. The van der Waals surface area contributed by atoms with Crippen molar-refractivity contribution >= 4 is 11.6 Å². The van der Waals surface area contributed by atoms with E-state index in [1.807, 2.05) is 22.9 Å². The topological polar surface area (TPSA) is 49.2 Å². The van der Waals surface area contributed by atoms with E-state index in [4.69, 9.17) is 21.1 Å². The lowest BCUT2D eigenvalue weighted by Gasteiger charge is -2.24. The number of pyridine rings is 1. The molecule has 0 aromatic carbocycles. The normalized spacial score (nSPS) is 17.8. The number of hydrogen-bond donors (Lipinski definition) is 0. The van der Waals surface area contributed by atoms with Gasteiger partial charge in [0, 0.05) is 18.7 Å². The van der Waals surface area contributed by atoms with Crippen LogP contribution in [0.15, 0.2) is 30.6 Å². The van der Waals surface area contributed by atoms with Gasteiger partial charge in [-0.05, 0) is 56.7 Å². The number of unbranched alkanes of at least 4 members (excludes halogenated alkanes) is 2. The smallest absolute Gasteiger partial charge is 0.150 e. The Bertz CT molecular complexity index is 609. The van der Waals surface area contributed by atoms with Crippen molar-refractivity contribution in [1.82, 2.24) is 14.8 Å². The fourth-order valence-electron chi connectivity index (χ4n) is 2.84. The Hall–Kier alpha value is -1.59. The van der Waals surface area contributed by atoms with E-state index in [0.29, 0.717) is 12.5 Å². The number of ether oxygens (including phenoxy) is 2. The van der Waals surface area contributed by atoms with E-state index in [-0.39, 0.29) is 6.23 Å². The highest BCUT2D eigenvalue weighted by molar-refractivity contribution is 6.17. The number of aromatic nitrogens is 3. The number of rotatable bonds is 8. The van der Waals surface area contributed by atoms with Gasteiger partial charge in [-0.3, -0.25) is 4.98 Å². The van der Waals surface area contributed by atoms with Crippen molar-refractivity contribution in [2.75, 3.05) is 19.1 Å². The summed E-state index contributed by atoms with van der Waals surface area (Å²) in [5.41, 5.74) is 1.87. The molecule has 6 heteroatoms. The summed E-state index contributed by atoms with van der Waals surface area (Å²) in [6.45, 7) is 1.50. The summed E-state index contributed by atoms with van der Waals surface area (Å²) in [5, 5.41) is 4.43. The minimum atomic E-state index is 0.0170. The van der Waals surface area contributed by atoms with Crippen LogP contribution in [0, 0.1) is 0 Å². The SMILES string of the molecule is ClCCCCCOc1ccc(-c2ccnn2C2CCCCO2)nc1. The molecule has 2 aromatic heterocycles. The lowest BCUT2D eigenvalue weighted by Crippen LogP contribution is -2.20. The summed E-state index contributed by atoms with van der Waals surface area (Å²) in [6.07, 6.45) is 10.0.